The molecule has 0 spiro atoms. The van der Waals surface area contributed by atoms with Crippen molar-refractivity contribution in [2.45, 2.75) is 24.9 Å². The quantitative estimate of drug-likeness (QED) is 0.892. The minimum Gasteiger partial charge on any atom is -0.497 e. The van der Waals surface area contributed by atoms with Crippen molar-refractivity contribution in [3.8, 4) is 5.75 Å². The molecule has 1 aliphatic carbocycles. The Morgan fingerprint density at radius 1 is 1.35 bits per heavy atom. The van der Waals surface area contributed by atoms with Gasteiger partial charge < -0.3 is 19.3 Å². The van der Waals surface area contributed by atoms with E-state index in [-0.39, 0.29) is 18.6 Å². The van der Waals surface area contributed by atoms with Gasteiger partial charge in [-0.05, 0) is 42.7 Å². The van der Waals surface area contributed by atoms with Crippen molar-refractivity contribution >= 4 is 5.91 Å². The van der Waals surface area contributed by atoms with E-state index in [1.165, 1.54) is 0 Å². The molecule has 1 amide bonds. The molecule has 0 bridgehead atoms. The van der Waals surface area contributed by atoms with Crippen LogP contribution in [-0.4, -0.2) is 41.2 Å². The van der Waals surface area contributed by atoms with Gasteiger partial charge in [0.15, 0.2) is 0 Å². The maximum atomic E-state index is 12.8. The molecule has 1 fully saturated rings. The molecule has 1 aliphatic rings. The van der Waals surface area contributed by atoms with Crippen molar-refractivity contribution in [2.24, 2.45) is 0 Å². The first-order valence-corrected chi connectivity index (χ1v) is 7.84. The second-order valence-electron chi connectivity index (χ2n) is 5.92. The monoisotopic (exact) mass is 314 g/mol. The summed E-state index contributed by atoms with van der Waals surface area (Å²) in [5.41, 5.74) is 1.57. The Hall–Kier alpha value is -2.27. The molecule has 23 heavy (non-hydrogen) atoms. The van der Waals surface area contributed by atoms with Gasteiger partial charge in [0.1, 0.15) is 11.4 Å². The zero-order valence-corrected chi connectivity index (χ0v) is 13.5. The molecule has 1 unspecified atom stereocenters. The third-order valence-corrected chi connectivity index (χ3v) is 4.40. The summed E-state index contributed by atoms with van der Waals surface area (Å²) in [5.74, 6) is 0.679. The first-order chi connectivity index (χ1) is 11.2. The fourth-order valence-electron chi connectivity index (χ4n) is 2.85. The van der Waals surface area contributed by atoms with Crippen molar-refractivity contribution in [1.29, 1.82) is 0 Å². The van der Waals surface area contributed by atoms with Crippen molar-refractivity contribution < 1.29 is 14.6 Å². The highest BCUT2D eigenvalue weighted by molar-refractivity contribution is 5.93. The molecule has 1 aromatic carbocycles. The lowest BCUT2D eigenvalue weighted by molar-refractivity contribution is 0.0647. The van der Waals surface area contributed by atoms with E-state index in [4.69, 9.17) is 4.74 Å². The number of methoxy groups -OCH3 is 1. The maximum absolute atomic E-state index is 12.8. The molecule has 5 nitrogen and oxygen atoms in total. The smallest absolute Gasteiger partial charge is 0.270 e. The Balaban J connectivity index is 1.82. The van der Waals surface area contributed by atoms with Crippen molar-refractivity contribution in [3.63, 3.8) is 0 Å². The van der Waals surface area contributed by atoms with E-state index >= 15 is 0 Å². The molecule has 1 heterocycles. The summed E-state index contributed by atoms with van der Waals surface area (Å²) < 4.78 is 7.19. The Morgan fingerprint density at radius 3 is 2.61 bits per heavy atom. The number of benzene rings is 1. The van der Waals surface area contributed by atoms with Crippen LogP contribution in [0.1, 0.15) is 41.0 Å². The number of aromatic nitrogens is 1. The number of amides is 1. The van der Waals surface area contributed by atoms with Gasteiger partial charge in [-0.3, -0.25) is 4.79 Å². The molecule has 5 heteroatoms. The SMILES string of the molecule is COc1ccc(C(CO)N(C)C(=O)c2cccn2C2CC2)cc1. The highest BCUT2D eigenvalue weighted by atomic mass is 16.5. The van der Waals surface area contributed by atoms with E-state index < -0.39 is 0 Å². The largest absolute Gasteiger partial charge is 0.497 e. The Bertz CT molecular complexity index is 674. The first-order valence-electron chi connectivity index (χ1n) is 7.84. The summed E-state index contributed by atoms with van der Waals surface area (Å²) in [6.07, 6.45) is 4.21. The lowest BCUT2D eigenvalue weighted by Gasteiger charge is -2.27. The normalized spacial score (nSPS) is 15.3. The van der Waals surface area contributed by atoms with Gasteiger partial charge in [-0.1, -0.05) is 12.1 Å². The fraction of sp³-hybridized carbons (Fsp3) is 0.389. The standard InChI is InChI=1S/C18H22N2O3/c1-19(17(12-21)13-5-9-15(23-2)10-6-13)18(22)16-4-3-11-20(16)14-7-8-14/h3-6,9-11,14,17,21H,7-8,12H2,1-2H3. The minimum atomic E-state index is -0.379. The van der Waals surface area contributed by atoms with Crippen molar-refractivity contribution in [3.05, 3.63) is 53.9 Å². The van der Waals surface area contributed by atoms with Crippen LogP contribution in [0, 0.1) is 0 Å². The molecule has 3 rings (SSSR count). The van der Waals surface area contributed by atoms with E-state index in [2.05, 4.69) is 0 Å². The van der Waals surface area contributed by atoms with Crippen LogP contribution in [0.25, 0.3) is 0 Å². The van der Waals surface area contributed by atoms with Gasteiger partial charge in [0.2, 0.25) is 0 Å². The Morgan fingerprint density at radius 2 is 2.04 bits per heavy atom. The zero-order chi connectivity index (χ0) is 16.4. The maximum Gasteiger partial charge on any atom is 0.270 e. The molecule has 1 N–H and O–H groups in total. The van der Waals surface area contributed by atoms with E-state index in [9.17, 15) is 9.90 Å². The third-order valence-electron chi connectivity index (χ3n) is 4.40. The second kappa shape index (κ2) is 6.46. The summed E-state index contributed by atoms with van der Waals surface area (Å²) in [6.45, 7) is -0.126. The van der Waals surface area contributed by atoms with Crippen LogP contribution in [0.4, 0.5) is 0 Å². The molecule has 1 saturated carbocycles. The lowest BCUT2D eigenvalue weighted by Crippen LogP contribution is -2.34. The van der Waals surface area contributed by atoms with Crippen LogP contribution < -0.4 is 4.74 Å². The average Bonchev–Trinajstić information content (AvgIpc) is 3.32. The number of ether oxygens (including phenoxy) is 1. The summed E-state index contributed by atoms with van der Waals surface area (Å²) in [6, 6.07) is 11.3. The predicted octanol–water partition coefficient (Wildman–Crippen LogP) is 2.64. The highest BCUT2D eigenvalue weighted by Gasteiger charge is 2.29. The number of aliphatic hydroxyl groups excluding tert-OH is 1. The number of rotatable bonds is 6. The van der Waals surface area contributed by atoms with Crippen molar-refractivity contribution in [1.82, 2.24) is 9.47 Å². The van der Waals surface area contributed by atoms with Crippen LogP contribution in [-0.2, 0) is 0 Å². The average molecular weight is 314 g/mol. The summed E-state index contributed by atoms with van der Waals surface area (Å²) in [7, 11) is 3.35. The number of carbonyl (C=O) groups excluding carboxylic acids is 1. The summed E-state index contributed by atoms with van der Waals surface area (Å²) >= 11 is 0. The predicted molar refractivity (Wildman–Crippen MR) is 87.6 cm³/mol. The zero-order valence-electron chi connectivity index (χ0n) is 13.5. The molecule has 2 aromatic rings. The van der Waals surface area contributed by atoms with Crippen LogP contribution >= 0.6 is 0 Å². The molecule has 122 valence electrons. The van der Waals surface area contributed by atoms with Gasteiger partial charge in [0.25, 0.3) is 5.91 Å². The number of hydrogen-bond donors (Lipinski definition) is 1. The molecule has 0 aliphatic heterocycles. The Kier molecular flexibility index (Phi) is 4.39. The van der Waals surface area contributed by atoms with Gasteiger partial charge in [0.05, 0.1) is 19.8 Å². The number of likely N-dealkylation sites (N-methyl/N-ethyl adjacent to an activating group) is 1. The summed E-state index contributed by atoms with van der Waals surface area (Å²) in [4.78, 5) is 14.4. The molecule has 1 atom stereocenters. The number of hydrogen-bond acceptors (Lipinski definition) is 3. The molecular formula is C18H22N2O3. The topological polar surface area (TPSA) is 54.7 Å². The van der Waals surface area contributed by atoms with E-state index in [1.807, 2.05) is 47.2 Å². The van der Waals surface area contributed by atoms with Gasteiger partial charge in [-0.15, -0.1) is 0 Å². The number of nitrogens with zero attached hydrogens (tertiary/aromatic N) is 2. The van der Waals surface area contributed by atoms with Crippen LogP contribution in [0.5, 0.6) is 5.75 Å². The Labute approximate surface area is 136 Å². The minimum absolute atomic E-state index is 0.0724. The first kappa shape index (κ1) is 15.6. The number of carbonyl (C=O) groups is 1. The van der Waals surface area contributed by atoms with E-state index in [0.717, 1.165) is 24.2 Å². The molecule has 1 aromatic heterocycles. The number of aliphatic hydroxyl groups is 1. The van der Waals surface area contributed by atoms with Gasteiger partial charge in [-0.2, -0.15) is 0 Å². The molecule has 0 saturated heterocycles. The summed E-state index contributed by atoms with van der Waals surface area (Å²) in [5, 5.41) is 9.78. The molecule has 0 radical (unpaired) electrons. The van der Waals surface area contributed by atoms with Gasteiger partial charge >= 0.3 is 0 Å². The second-order valence-corrected chi connectivity index (χ2v) is 5.92. The lowest BCUT2D eigenvalue weighted by atomic mass is 10.1. The van der Waals surface area contributed by atoms with Gasteiger partial charge in [-0.25, -0.2) is 0 Å². The van der Waals surface area contributed by atoms with Crippen molar-refractivity contribution in [2.75, 3.05) is 20.8 Å². The third kappa shape index (κ3) is 3.10. The van der Waals surface area contributed by atoms with E-state index in [0.29, 0.717) is 11.7 Å². The van der Waals surface area contributed by atoms with Crippen LogP contribution in [0.3, 0.4) is 0 Å². The fourth-order valence-corrected chi connectivity index (χ4v) is 2.85. The van der Waals surface area contributed by atoms with E-state index in [1.54, 1.807) is 19.1 Å². The molecular weight excluding hydrogens is 292 g/mol. The highest BCUT2D eigenvalue weighted by Crippen LogP contribution is 2.36. The van der Waals surface area contributed by atoms with Gasteiger partial charge in [0, 0.05) is 19.3 Å². The van der Waals surface area contributed by atoms with Crippen LogP contribution in [0.15, 0.2) is 42.6 Å². The van der Waals surface area contributed by atoms with Crippen LogP contribution in [0.2, 0.25) is 0 Å².